The fourth-order valence-electron chi connectivity index (χ4n) is 2.23. The Morgan fingerprint density at radius 3 is 2.67 bits per heavy atom. The number of hydrogen-bond donors (Lipinski definition) is 3. The molecule has 10 nitrogen and oxygen atoms in total. The van der Waals surface area contributed by atoms with Gasteiger partial charge in [0.1, 0.15) is 5.76 Å². The van der Waals surface area contributed by atoms with Crippen LogP contribution in [0.5, 0.6) is 0 Å². The van der Waals surface area contributed by atoms with Gasteiger partial charge in [0.2, 0.25) is 5.91 Å². The highest BCUT2D eigenvalue weighted by Crippen LogP contribution is 2.11. The molecule has 3 aromatic rings. The molecule has 0 aliphatic carbocycles. The standard InChI is InChI=1S/C17H17N5O5/c1-10-7-13(21-26-10)19-15(24)8-14-20-17(27-22-14)16(25)18-9-12(23)11-5-3-2-4-6-11/h2-7,12,23H,8-9H2,1H3,(H,18,25)(H,19,21,24). The molecule has 2 amide bonds. The van der Waals surface area contributed by atoms with Crippen molar-refractivity contribution in [3.63, 3.8) is 0 Å². The SMILES string of the molecule is Cc1cc(NC(=O)Cc2noc(C(=O)NCC(O)c3ccccc3)n2)no1. The third-order valence-corrected chi connectivity index (χ3v) is 3.52. The van der Waals surface area contributed by atoms with Crippen molar-refractivity contribution < 1.29 is 23.7 Å². The lowest BCUT2D eigenvalue weighted by molar-refractivity contribution is -0.115. The summed E-state index contributed by atoms with van der Waals surface area (Å²) >= 11 is 0. The normalized spacial score (nSPS) is 11.8. The van der Waals surface area contributed by atoms with Crippen LogP contribution in [-0.4, -0.2) is 38.8 Å². The van der Waals surface area contributed by atoms with E-state index in [4.69, 9.17) is 9.05 Å². The number of nitrogens with zero attached hydrogens (tertiary/aromatic N) is 3. The maximum atomic E-state index is 12.0. The Hall–Kier alpha value is -3.53. The van der Waals surface area contributed by atoms with Crippen molar-refractivity contribution in [1.82, 2.24) is 20.6 Å². The first-order chi connectivity index (χ1) is 13.0. The second kappa shape index (κ2) is 8.23. The van der Waals surface area contributed by atoms with E-state index in [1.807, 2.05) is 6.07 Å². The minimum absolute atomic E-state index is 0.0213. The Balaban J connectivity index is 1.50. The van der Waals surface area contributed by atoms with Gasteiger partial charge in [0.15, 0.2) is 11.6 Å². The number of amides is 2. The monoisotopic (exact) mass is 371 g/mol. The zero-order chi connectivity index (χ0) is 19.2. The van der Waals surface area contributed by atoms with E-state index in [0.29, 0.717) is 11.3 Å². The second-order valence-corrected chi connectivity index (χ2v) is 5.70. The van der Waals surface area contributed by atoms with Gasteiger partial charge in [-0.1, -0.05) is 40.6 Å². The summed E-state index contributed by atoms with van der Waals surface area (Å²) in [5.74, 6) is -0.501. The Bertz CT molecular complexity index is 921. The quantitative estimate of drug-likeness (QED) is 0.558. The van der Waals surface area contributed by atoms with Crippen LogP contribution in [-0.2, 0) is 11.2 Å². The average Bonchev–Trinajstić information content (AvgIpc) is 3.29. The van der Waals surface area contributed by atoms with E-state index in [0.717, 1.165) is 0 Å². The smallest absolute Gasteiger partial charge is 0.315 e. The lowest BCUT2D eigenvalue weighted by Gasteiger charge is -2.10. The third-order valence-electron chi connectivity index (χ3n) is 3.52. The summed E-state index contributed by atoms with van der Waals surface area (Å²) in [5, 5.41) is 22.3. The molecule has 0 aliphatic rings. The second-order valence-electron chi connectivity index (χ2n) is 5.70. The number of carbonyl (C=O) groups excluding carboxylic acids is 2. The Labute approximate surface area is 153 Å². The molecule has 0 fully saturated rings. The minimum atomic E-state index is -0.866. The molecule has 0 radical (unpaired) electrons. The maximum absolute atomic E-state index is 12.0. The van der Waals surface area contributed by atoms with E-state index >= 15 is 0 Å². The first-order valence-corrected chi connectivity index (χ1v) is 8.08. The fraction of sp³-hybridized carbons (Fsp3) is 0.235. The molecule has 3 N–H and O–H groups in total. The van der Waals surface area contributed by atoms with Crippen LogP contribution < -0.4 is 10.6 Å². The number of aliphatic hydroxyl groups is 1. The summed E-state index contributed by atoms with van der Waals surface area (Å²) < 4.78 is 9.69. The fourth-order valence-corrected chi connectivity index (χ4v) is 2.23. The molecular formula is C17H17N5O5. The van der Waals surface area contributed by atoms with Crippen LogP contribution in [0.15, 0.2) is 45.4 Å². The van der Waals surface area contributed by atoms with Crippen LogP contribution >= 0.6 is 0 Å². The topological polar surface area (TPSA) is 143 Å². The maximum Gasteiger partial charge on any atom is 0.315 e. The molecule has 10 heteroatoms. The van der Waals surface area contributed by atoms with Gasteiger partial charge in [0, 0.05) is 12.6 Å². The van der Waals surface area contributed by atoms with Gasteiger partial charge in [-0.2, -0.15) is 4.98 Å². The van der Waals surface area contributed by atoms with E-state index in [9.17, 15) is 14.7 Å². The van der Waals surface area contributed by atoms with Crippen molar-refractivity contribution in [2.24, 2.45) is 0 Å². The molecule has 1 atom stereocenters. The number of aromatic nitrogens is 3. The van der Waals surface area contributed by atoms with E-state index in [1.165, 1.54) is 0 Å². The number of aryl methyl sites for hydroxylation is 1. The first kappa shape index (κ1) is 18.3. The largest absolute Gasteiger partial charge is 0.387 e. The van der Waals surface area contributed by atoms with Gasteiger partial charge in [-0.05, 0) is 12.5 Å². The van der Waals surface area contributed by atoms with Crippen molar-refractivity contribution >= 4 is 17.6 Å². The molecule has 2 heterocycles. The highest BCUT2D eigenvalue weighted by atomic mass is 16.5. The van der Waals surface area contributed by atoms with Crippen LogP contribution in [0.2, 0.25) is 0 Å². The van der Waals surface area contributed by atoms with Gasteiger partial charge in [-0.25, -0.2) is 0 Å². The molecule has 0 saturated carbocycles. The lowest BCUT2D eigenvalue weighted by Crippen LogP contribution is -2.28. The third kappa shape index (κ3) is 4.98. The Morgan fingerprint density at radius 2 is 1.96 bits per heavy atom. The summed E-state index contributed by atoms with van der Waals surface area (Å²) in [4.78, 5) is 27.8. The number of nitrogens with one attached hydrogen (secondary N) is 2. The van der Waals surface area contributed by atoms with E-state index in [2.05, 4.69) is 25.9 Å². The minimum Gasteiger partial charge on any atom is -0.387 e. The molecule has 0 aliphatic heterocycles. The lowest BCUT2D eigenvalue weighted by atomic mass is 10.1. The van der Waals surface area contributed by atoms with Crippen LogP contribution in [0.4, 0.5) is 5.82 Å². The van der Waals surface area contributed by atoms with Crippen molar-refractivity contribution in [1.29, 1.82) is 0 Å². The van der Waals surface area contributed by atoms with E-state index in [1.54, 1.807) is 37.3 Å². The highest BCUT2D eigenvalue weighted by Gasteiger charge is 2.18. The molecule has 1 unspecified atom stereocenters. The van der Waals surface area contributed by atoms with Gasteiger partial charge < -0.3 is 24.8 Å². The summed E-state index contributed by atoms with van der Waals surface area (Å²) in [6, 6.07) is 10.5. The first-order valence-electron chi connectivity index (χ1n) is 8.08. The Morgan fingerprint density at radius 1 is 1.19 bits per heavy atom. The average molecular weight is 371 g/mol. The Kier molecular flexibility index (Phi) is 5.57. The van der Waals surface area contributed by atoms with Gasteiger partial charge >= 0.3 is 11.8 Å². The van der Waals surface area contributed by atoms with E-state index < -0.39 is 17.9 Å². The van der Waals surface area contributed by atoms with Gasteiger partial charge in [-0.3, -0.25) is 9.59 Å². The van der Waals surface area contributed by atoms with E-state index in [-0.39, 0.29) is 30.5 Å². The van der Waals surface area contributed by atoms with Crippen LogP contribution in [0.1, 0.15) is 33.9 Å². The van der Waals surface area contributed by atoms with Crippen LogP contribution in [0.3, 0.4) is 0 Å². The van der Waals surface area contributed by atoms with Crippen molar-refractivity contribution in [2.45, 2.75) is 19.4 Å². The van der Waals surface area contributed by atoms with Crippen LogP contribution in [0, 0.1) is 6.92 Å². The predicted octanol–water partition coefficient (Wildman–Crippen LogP) is 1.01. The van der Waals surface area contributed by atoms with Gasteiger partial charge in [0.05, 0.1) is 12.5 Å². The summed E-state index contributed by atoms with van der Waals surface area (Å²) in [6.45, 7) is 1.67. The highest BCUT2D eigenvalue weighted by molar-refractivity contribution is 5.91. The molecule has 27 heavy (non-hydrogen) atoms. The molecule has 0 saturated heterocycles. The molecule has 0 spiro atoms. The molecule has 3 rings (SSSR count). The number of anilines is 1. The summed E-state index contributed by atoms with van der Waals surface area (Å²) in [5.41, 5.74) is 0.670. The molecule has 140 valence electrons. The molecule has 2 aromatic heterocycles. The van der Waals surface area contributed by atoms with Crippen molar-refractivity contribution in [3.05, 3.63) is 59.4 Å². The van der Waals surface area contributed by atoms with Crippen molar-refractivity contribution in [3.8, 4) is 0 Å². The number of rotatable bonds is 7. The number of hydrogen-bond acceptors (Lipinski definition) is 8. The van der Waals surface area contributed by atoms with Crippen molar-refractivity contribution in [2.75, 3.05) is 11.9 Å². The zero-order valence-electron chi connectivity index (χ0n) is 14.4. The number of aliphatic hydroxyl groups excluding tert-OH is 1. The zero-order valence-corrected chi connectivity index (χ0v) is 14.4. The summed E-state index contributed by atoms with van der Waals surface area (Å²) in [6.07, 6.45) is -1.07. The predicted molar refractivity (Wildman–Crippen MR) is 91.6 cm³/mol. The number of benzene rings is 1. The van der Waals surface area contributed by atoms with Gasteiger partial charge in [0.25, 0.3) is 0 Å². The molecular weight excluding hydrogens is 354 g/mol. The molecule has 1 aromatic carbocycles. The number of carbonyl (C=O) groups is 2. The van der Waals surface area contributed by atoms with Crippen LogP contribution in [0.25, 0.3) is 0 Å². The summed E-state index contributed by atoms with van der Waals surface area (Å²) in [7, 11) is 0. The molecule has 0 bridgehead atoms. The van der Waals surface area contributed by atoms with Gasteiger partial charge in [-0.15, -0.1) is 0 Å².